The fourth-order valence-corrected chi connectivity index (χ4v) is 5.52. The minimum absolute atomic E-state index is 0.0618. The first kappa shape index (κ1) is 21.1. The first-order valence-electron chi connectivity index (χ1n) is 9.55. The van der Waals surface area contributed by atoms with Crippen molar-refractivity contribution in [2.24, 2.45) is 0 Å². The third-order valence-corrected chi connectivity index (χ3v) is 7.15. The normalized spacial score (nSPS) is 16.1. The molecule has 31 heavy (non-hydrogen) atoms. The lowest BCUT2D eigenvalue weighted by Crippen LogP contribution is -2.31. The van der Waals surface area contributed by atoms with Crippen LogP contribution >= 0.6 is 23.1 Å². The molecule has 6 nitrogen and oxygen atoms in total. The molecule has 2 heterocycles. The molecule has 1 aliphatic heterocycles. The number of esters is 1. The molecule has 1 unspecified atom stereocenters. The molecule has 1 aromatic heterocycles. The van der Waals surface area contributed by atoms with Gasteiger partial charge in [-0.2, -0.15) is 0 Å². The summed E-state index contributed by atoms with van der Waals surface area (Å²) in [5, 5.41) is 1.53. The number of nitrogens with two attached hydrogens (primary N) is 1. The number of carbonyl (C=O) groups is 3. The maximum absolute atomic E-state index is 13.2. The lowest BCUT2D eigenvalue weighted by Gasteiger charge is -2.15. The first-order chi connectivity index (χ1) is 14.9. The Morgan fingerprint density at radius 1 is 1.13 bits per heavy atom. The van der Waals surface area contributed by atoms with Crippen LogP contribution in [0, 0.1) is 6.92 Å². The Morgan fingerprint density at radius 3 is 2.45 bits per heavy atom. The van der Waals surface area contributed by atoms with Gasteiger partial charge in [-0.3, -0.25) is 9.59 Å². The van der Waals surface area contributed by atoms with Crippen LogP contribution in [0.25, 0.3) is 11.1 Å². The summed E-state index contributed by atoms with van der Waals surface area (Å²) in [7, 11) is 1.29. The van der Waals surface area contributed by atoms with Crippen molar-refractivity contribution in [3.8, 4) is 11.1 Å². The van der Waals surface area contributed by atoms with E-state index in [0.717, 1.165) is 20.9 Å². The summed E-state index contributed by atoms with van der Waals surface area (Å²) in [4.78, 5) is 40.6. The summed E-state index contributed by atoms with van der Waals surface area (Å²) in [6.07, 6.45) is 0.0618. The van der Waals surface area contributed by atoms with E-state index in [0.29, 0.717) is 16.3 Å². The van der Waals surface area contributed by atoms with E-state index in [1.54, 1.807) is 17.5 Å². The van der Waals surface area contributed by atoms with Crippen molar-refractivity contribution < 1.29 is 19.1 Å². The van der Waals surface area contributed by atoms with Gasteiger partial charge in [0.15, 0.2) is 0 Å². The second-order valence-corrected chi connectivity index (χ2v) is 9.27. The molecule has 0 spiro atoms. The summed E-state index contributed by atoms with van der Waals surface area (Å²) >= 11 is 2.51. The molecule has 2 amide bonds. The van der Waals surface area contributed by atoms with Crippen molar-refractivity contribution in [3.05, 3.63) is 65.0 Å². The second kappa shape index (κ2) is 8.56. The van der Waals surface area contributed by atoms with Crippen LogP contribution < -0.4 is 10.6 Å². The Kier molecular flexibility index (Phi) is 5.84. The minimum Gasteiger partial charge on any atom is -0.465 e. The molecule has 0 saturated carbocycles. The summed E-state index contributed by atoms with van der Waals surface area (Å²) < 4.78 is 4.99. The van der Waals surface area contributed by atoms with Crippen LogP contribution in [-0.2, 0) is 14.3 Å². The van der Waals surface area contributed by atoms with Crippen molar-refractivity contribution in [3.63, 3.8) is 0 Å². The zero-order valence-corrected chi connectivity index (χ0v) is 18.6. The van der Waals surface area contributed by atoms with E-state index in [1.807, 2.05) is 43.3 Å². The number of benzene rings is 2. The highest BCUT2D eigenvalue weighted by atomic mass is 32.2. The van der Waals surface area contributed by atoms with E-state index in [4.69, 9.17) is 10.5 Å². The molecule has 2 aromatic carbocycles. The van der Waals surface area contributed by atoms with E-state index in [1.165, 1.54) is 30.2 Å². The van der Waals surface area contributed by atoms with Crippen LogP contribution in [0.15, 0.2) is 58.8 Å². The summed E-state index contributed by atoms with van der Waals surface area (Å²) in [5.74, 6) is -1.25. The van der Waals surface area contributed by atoms with E-state index in [2.05, 4.69) is 0 Å². The average molecular weight is 453 g/mol. The SMILES string of the molecule is COC(=O)c1c(-c2ccc(C)cc2)csc1N1C(=O)CC(Sc2ccc(N)cc2)C1=O. The lowest BCUT2D eigenvalue weighted by atomic mass is 10.0. The number of ether oxygens (including phenoxy) is 1. The maximum Gasteiger partial charge on any atom is 0.341 e. The summed E-state index contributed by atoms with van der Waals surface area (Å²) in [5.41, 5.74) is 9.13. The van der Waals surface area contributed by atoms with Gasteiger partial charge in [-0.1, -0.05) is 29.8 Å². The topological polar surface area (TPSA) is 89.7 Å². The number of aryl methyl sites for hydroxylation is 1. The number of nitrogen functional groups attached to an aromatic ring is 1. The Bertz CT molecular complexity index is 1150. The van der Waals surface area contributed by atoms with Gasteiger partial charge in [0.2, 0.25) is 11.8 Å². The molecule has 1 fully saturated rings. The predicted octanol–water partition coefficient (Wildman–Crippen LogP) is 4.52. The number of hydrogen-bond acceptors (Lipinski definition) is 7. The van der Waals surface area contributed by atoms with Gasteiger partial charge in [0, 0.05) is 27.9 Å². The molecular weight excluding hydrogens is 432 g/mol. The number of imide groups is 1. The van der Waals surface area contributed by atoms with Crippen LogP contribution in [-0.4, -0.2) is 30.1 Å². The predicted molar refractivity (Wildman–Crippen MR) is 123 cm³/mol. The quantitative estimate of drug-likeness (QED) is 0.348. The number of hydrogen-bond donors (Lipinski definition) is 1. The monoisotopic (exact) mass is 452 g/mol. The van der Waals surface area contributed by atoms with Gasteiger partial charge in [0.05, 0.1) is 12.4 Å². The number of rotatable bonds is 5. The largest absolute Gasteiger partial charge is 0.465 e. The Hall–Kier alpha value is -3.10. The molecule has 3 aromatic rings. The van der Waals surface area contributed by atoms with Crippen LogP contribution in [0.1, 0.15) is 22.3 Å². The molecule has 0 aliphatic carbocycles. The highest BCUT2D eigenvalue weighted by Gasteiger charge is 2.43. The van der Waals surface area contributed by atoms with Gasteiger partial charge in [-0.15, -0.1) is 23.1 Å². The minimum atomic E-state index is -0.581. The van der Waals surface area contributed by atoms with Crippen LogP contribution in [0.5, 0.6) is 0 Å². The second-order valence-electron chi connectivity index (χ2n) is 7.13. The molecule has 2 N–H and O–H groups in total. The molecule has 0 radical (unpaired) electrons. The fraction of sp³-hybridized carbons (Fsp3) is 0.174. The zero-order chi connectivity index (χ0) is 22.1. The molecule has 0 bridgehead atoms. The molecule has 1 atom stereocenters. The molecule has 1 saturated heterocycles. The van der Waals surface area contributed by atoms with Gasteiger partial charge in [0.25, 0.3) is 0 Å². The first-order valence-corrected chi connectivity index (χ1v) is 11.3. The third-order valence-electron chi connectivity index (χ3n) is 4.99. The van der Waals surface area contributed by atoms with Gasteiger partial charge >= 0.3 is 5.97 Å². The van der Waals surface area contributed by atoms with Gasteiger partial charge in [-0.05, 0) is 36.8 Å². The molecular formula is C23H20N2O4S2. The highest BCUT2D eigenvalue weighted by Crippen LogP contribution is 2.42. The van der Waals surface area contributed by atoms with Crippen molar-refractivity contribution in [1.29, 1.82) is 0 Å². The lowest BCUT2D eigenvalue weighted by molar-refractivity contribution is -0.121. The average Bonchev–Trinajstić information content (AvgIpc) is 3.30. The van der Waals surface area contributed by atoms with Crippen molar-refractivity contribution in [2.45, 2.75) is 23.5 Å². The van der Waals surface area contributed by atoms with Crippen molar-refractivity contribution in [1.82, 2.24) is 0 Å². The number of thiophene rings is 1. The smallest absolute Gasteiger partial charge is 0.341 e. The summed E-state index contributed by atoms with van der Waals surface area (Å²) in [6.45, 7) is 1.98. The van der Waals surface area contributed by atoms with Crippen LogP contribution in [0.4, 0.5) is 10.7 Å². The van der Waals surface area contributed by atoms with Crippen molar-refractivity contribution >= 4 is 51.6 Å². The fourth-order valence-electron chi connectivity index (χ4n) is 3.38. The van der Waals surface area contributed by atoms with Crippen LogP contribution in [0.3, 0.4) is 0 Å². The van der Waals surface area contributed by atoms with Gasteiger partial charge < -0.3 is 10.5 Å². The van der Waals surface area contributed by atoms with Gasteiger partial charge in [0.1, 0.15) is 10.6 Å². The molecule has 4 rings (SSSR count). The van der Waals surface area contributed by atoms with Gasteiger partial charge in [-0.25, -0.2) is 9.69 Å². The number of thioether (sulfide) groups is 1. The zero-order valence-electron chi connectivity index (χ0n) is 17.0. The van der Waals surface area contributed by atoms with E-state index in [-0.39, 0.29) is 23.8 Å². The Labute approximate surface area is 188 Å². The molecule has 8 heteroatoms. The number of nitrogens with zero attached hydrogens (tertiary/aromatic N) is 1. The van der Waals surface area contributed by atoms with E-state index in [9.17, 15) is 14.4 Å². The maximum atomic E-state index is 13.2. The Balaban J connectivity index is 1.69. The Morgan fingerprint density at radius 2 is 1.81 bits per heavy atom. The van der Waals surface area contributed by atoms with E-state index >= 15 is 0 Å². The van der Waals surface area contributed by atoms with E-state index < -0.39 is 11.2 Å². The number of anilines is 2. The number of amides is 2. The third kappa shape index (κ3) is 4.08. The van der Waals surface area contributed by atoms with Crippen LogP contribution in [0.2, 0.25) is 0 Å². The molecule has 1 aliphatic rings. The summed E-state index contributed by atoms with van der Waals surface area (Å²) in [6, 6.07) is 14.8. The van der Waals surface area contributed by atoms with Crippen molar-refractivity contribution in [2.75, 3.05) is 17.7 Å². The standard InChI is InChI=1S/C23H20N2O4S2/c1-13-3-5-14(6-4-13)17-12-30-22(20(17)23(28)29-2)25-19(26)11-18(21(25)27)31-16-9-7-15(24)8-10-16/h3-10,12,18H,11,24H2,1-2H3. The number of carbonyl (C=O) groups excluding carboxylic acids is 3. The molecule has 158 valence electrons. The number of methoxy groups -OCH3 is 1. The highest BCUT2D eigenvalue weighted by molar-refractivity contribution is 8.00.